The second-order valence-electron chi connectivity index (χ2n) is 5.85. The zero-order valence-corrected chi connectivity index (χ0v) is 13.0. The predicted octanol–water partition coefficient (Wildman–Crippen LogP) is 1.91. The Morgan fingerprint density at radius 2 is 2.33 bits per heavy atom. The van der Waals surface area contributed by atoms with E-state index in [1.165, 1.54) is 0 Å². The van der Waals surface area contributed by atoms with E-state index in [2.05, 4.69) is 10.3 Å². The summed E-state index contributed by atoms with van der Waals surface area (Å²) in [5.74, 6) is 0.222. The fourth-order valence-corrected chi connectivity index (χ4v) is 3.89. The standard InChI is InChI=1S/C15H21N3O2S/c1-10-8-18-12(9-21-15(18)17-10)6-14(20)16-7-11-4-2-3-5-13(11)19/h8-9,11,13,19H,2-7H2,1H3,(H,16,20). The Kier molecular flexibility index (Phi) is 4.26. The van der Waals surface area contributed by atoms with Crippen LogP contribution >= 0.6 is 11.3 Å². The molecule has 1 amide bonds. The van der Waals surface area contributed by atoms with Crippen molar-refractivity contribution in [1.82, 2.24) is 14.7 Å². The number of rotatable bonds is 4. The predicted molar refractivity (Wildman–Crippen MR) is 82.5 cm³/mol. The smallest absolute Gasteiger partial charge is 0.225 e. The molecule has 5 nitrogen and oxygen atoms in total. The summed E-state index contributed by atoms with van der Waals surface area (Å²) in [7, 11) is 0. The Bertz CT molecular complexity index is 634. The first kappa shape index (κ1) is 14.5. The first-order valence-corrected chi connectivity index (χ1v) is 8.38. The van der Waals surface area contributed by atoms with Crippen molar-refractivity contribution in [2.75, 3.05) is 6.54 Å². The lowest BCUT2D eigenvalue weighted by atomic mass is 9.86. The van der Waals surface area contributed by atoms with E-state index in [0.717, 1.165) is 42.0 Å². The Hall–Kier alpha value is -1.40. The van der Waals surface area contributed by atoms with E-state index in [-0.39, 0.29) is 17.9 Å². The van der Waals surface area contributed by atoms with E-state index in [1.54, 1.807) is 11.3 Å². The molecule has 0 aliphatic heterocycles. The van der Waals surface area contributed by atoms with Gasteiger partial charge < -0.3 is 10.4 Å². The summed E-state index contributed by atoms with van der Waals surface area (Å²) in [5.41, 5.74) is 1.94. The fraction of sp³-hybridized carbons (Fsp3) is 0.600. The lowest BCUT2D eigenvalue weighted by Gasteiger charge is -2.27. The molecule has 1 saturated carbocycles. The molecule has 2 atom stereocenters. The average molecular weight is 307 g/mol. The van der Waals surface area contributed by atoms with Crippen molar-refractivity contribution in [1.29, 1.82) is 0 Å². The Balaban J connectivity index is 1.56. The highest BCUT2D eigenvalue weighted by molar-refractivity contribution is 7.15. The summed E-state index contributed by atoms with van der Waals surface area (Å²) in [6.45, 7) is 2.53. The van der Waals surface area contributed by atoms with Crippen LogP contribution in [0.3, 0.4) is 0 Å². The molecule has 0 spiro atoms. The number of aliphatic hydroxyl groups excluding tert-OH is 1. The van der Waals surface area contributed by atoms with Crippen LogP contribution in [0.15, 0.2) is 11.6 Å². The van der Waals surface area contributed by atoms with Gasteiger partial charge >= 0.3 is 0 Å². The maximum atomic E-state index is 12.1. The number of aryl methyl sites for hydroxylation is 1. The molecule has 6 heteroatoms. The van der Waals surface area contributed by atoms with Crippen LogP contribution in [0, 0.1) is 12.8 Å². The highest BCUT2D eigenvalue weighted by Crippen LogP contribution is 2.23. The van der Waals surface area contributed by atoms with Crippen LogP contribution in [-0.2, 0) is 11.2 Å². The van der Waals surface area contributed by atoms with Crippen LogP contribution in [0.5, 0.6) is 0 Å². The molecule has 2 N–H and O–H groups in total. The second kappa shape index (κ2) is 6.15. The fourth-order valence-electron chi connectivity index (χ4n) is 2.97. The lowest BCUT2D eigenvalue weighted by molar-refractivity contribution is -0.120. The number of nitrogens with one attached hydrogen (secondary N) is 1. The van der Waals surface area contributed by atoms with Crippen LogP contribution in [0.25, 0.3) is 4.96 Å². The zero-order valence-electron chi connectivity index (χ0n) is 12.2. The van der Waals surface area contributed by atoms with E-state index >= 15 is 0 Å². The summed E-state index contributed by atoms with van der Waals surface area (Å²) in [6.07, 6.45) is 6.17. The van der Waals surface area contributed by atoms with Gasteiger partial charge in [0, 0.05) is 29.7 Å². The molecule has 2 heterocycles. The highest BCUT2D eigenvalue weighted by atomic mass is 32.1. The maximum Gasteiger partial charge on any atom is 0.225 e. The first-order valence-electron chi connectivity index (χ1n) is 7.50. The SMILES string of the molecule is Cc1cn2c(CC(=O)NCC3CCCCC3O)csc2n1. The van der Waals surface area contributed by atoms with E-state index in [4.69, 9.17) is 0 Å². The molecule has 2 aromatic rings. The van der Waals surface area contributed by atoms with E-state index in [9.17, 15) is 9.90 Å². The molecule has 114 valence electrons. The van der Waals surface area contributed by atoms with Crippen LogP contribution in [0.2, 0.25) is 0 Å². The second-order valence-corrected chi connectivity index (χ2v) is 6.69. The van der Waals surface area contributed by atoms with Crippen molar-refractivity contribution >= 4 is 22.2 Å². The average Bonchev–Trinajstić information content (AvgIpc) is 2.99. The van der Waals surface area contributed by atoms with Gasteiger partial charge in [0.1, 0.15) is 0 Å². The maximum absolute atomic E-state index is 12.1. The van der Waals surface area contributed by atoms with Crippen molar-refractivity contribution < 1.29 is 9.90 Å². The molecule has 0 saturated heterocycles. The van der Waals surface area contributed by atoms with Gasteiger partial charge in [0.2, 0.25) is 5.91 Å². The van der Waals surface area contributed by atoms with E-state index < -0.39 is 0 Å². The molecule has 3 rings (SSSR count). The van der Waals surface area contributed by atoms with Crippen LogP contribution < -0.4 is 5.32 Å². The minimum atomic E-state index is -0.261. The number of carbonyl (C=O) groups excluding carboxylic acids is 1. The topological polar surface area (TPSA) is 66.6 Å². The molecular formula is C15H21N3O2S. The van der Waals surface area contributed by atoms with Gasteiger partial charge in [0.25, 0.3) is 0 Å². The number of aliphatic hydroxyl groups is 1. The van der Waals surface area contributed by atoms with Gasteiger partial charge in [-0.3, -0.25) is 9.20 Å². The van der Waals surface area contributed by atoms with Crippen molar-refractivity contribution in [3.05, 3.63) is 23.0 Å². The molecular weight excluding hydrogens is 286 g/mol. The van der Waals surface area contributed by atoms with E-state index in [0.29, 0.717) is 13.0 Å². The molecule has 21 heavy (non-hydrogen) atoms. The third-order valence-corrected chi connectivity index (χ3v) is 5.06. The van der Waals surface area contributed by atoms with Crippen LogP contribution in [0.1, 0.15) is 37.1 Å². The number of nitrogens with zero attached hydrogens (tertiary/aromatic N) is 2. The number of fused-ring (bicyclic) bond motifs is 1. The zero-order chi connectivity index (χ0) is 14.8. The monoisotopic (exact) mass is 307 g/mol. The van der Waals surface area contributed by atoms with Crippen molar-refractivity contribution in [3.8, 4) is 0 Å². The minimum Gasteiger partial charge on any atom is -0.393 e. The van der Waals surface area contributed by atoms with Crippen LogP contribution in [-0.4, -0.2) is 33.0 Å². The van der Waals surface area contributed by atoms with E-state index in [1.807, 2.05) is 22.9 Å². The Morgan fingerprint density at radius 3 is 3.14 bits per heavy atom. The molecule has 1 aliphatic rings. The van der Waals surface area contributed by atoms with Crippen molar-refractivity contribution in [2.24, 2.45) is 5.92 Å². The molecule has 0 bridgehead atoms. The summed E-state index contributed by atoms with van der Waals surface area (Å²) < 4.78 is 1.98. The molecule has 2 unspecified atom stereocenters. The highest BCUT2D eigenvalue weighted by Gasteiger charge is 2.23. The minimum absolute atomic E-state index is 0.0128. The lowest BCUT2D eigenvalue weighted by Crippen LogP contribution is -2.37. The van der Waals surface area contributed by atoms with Crippen LogP contribution in [0.4, 0.5) is 0 Å². The van der Waals surface area contributed by atoms with Gasteiger partial charge in [-0.2, -0.15) is 0 Å². The van der Waals surface area contributed by atoms with Gasteiger partial charge in [-0.05, 0) is 19.8 Å². The number of aromatic nitrogens is 2. The quantitative estimate of drug-likeness (QED) is 0.907. The third kappa shape index (κ3) is 3.27. The molecule has 0 aromatic carbocycles. The summed E-state index contributed by atoms with van der Waals surface area (Å²) in [5, 5.41) is 14.9. The van der Waals surface area contributed by atoms with Gasteiger partial charge in [-0.15, -0.1) is 11.3 Å². The normalized spacial score (nSPS) is 22.6. The molecule has 2 aromatic heterocycles. The van der Waals surface area contributed by atoms with Gasteiger partial charge in [-0.1, -0.05) is 12.8 Å². The third-order valence-electron chi connectivity index (χ3n) is 4.18. The summed E-state index contributed by atoms with van der Waals surface area (Å²) >= 11 is 1.56. The Labute approximate surface area is 128 Å². The van der Waals surface area contributed by atoms with Crippen molar-refractivity contribution in [3.63, 3.8) is 0 Å². The molecule has 0 radical (unpaired) electrons. The first-order chi connectivity index (χ1) is 10.1. The summed E-state index contributed by atoms with van der Waals surface area (Å²) in [6, 6.07) is 0. The number of hydrogen-bond donors (Lipinski definition) is 2. The van der Waals surface area contributed by atoms with Gasteiger partial charge in [0.15, 0.2) is 4.96 Å². The van der Waals surface area contributed by atoms with Crippen molar-refractivity contribution in [2.45, 2.75) is 45.1 Å². The van der Waals surface area contributed by atoms with Gasteiger partial charge in [0.05, 0.1) is 18.2 Å². The largest absolute Gasteiger partial charge is 0.393 e. The van der Waals surface area contributed by atoms with Gasteiger partial charge in [-0.25, -0.2) is 4.98 Å². The summed E-state index contributed by atoms with van der Waals surface area (Å²) in [4.78, 5) is 17.4. The molecule has 1 fully saturated rings. The number of imidazole rings is 1. The Morgan fingerprint density at radius 1 is 1.52 bits per heavy atom. The number of amides is 1. The number of hydrogen-bond acceptors (Lipinski definition) is 4. The number of carbonyl (C=O) groups is 1. The molecule has 1 aliphatic carbocycles. The number of thiazole rings is 1.